The lowest BCUT2D eigenvalue weighted by Crippen LogP contribution is -1.83. The van der Waals surface area contributed by atoms with Crippen molar-refractivity contribution >= 4 is 15.8 Å². The zero-order valence-electron chi connectivity index (χ0n) is 5.15. The third kappa shape index (κ3) is 1.52. The maximum atomic E-state index is 10.1. The number of hydrogen-bond acceptors (Lipinski definition) is 3. The van der Waals surface area contributed by atoms with E-state index < -0.39 is 0 Å². The van der Waals surface area contributed by atoms with Crippen LogP contribution in [0.5, 0.6) is 5.88 Å². The predicted octanol–water partition coefficient (Wildman–Crippen LogP) is 1.06. The molecule has 0 radical (unpaired) electrons. The fourth-order valence-electron chi connectivity index (χ4n) is 0.531. The molecule has 0 aliphatic heterocycles. The van der Waals surface area contributed by atoms with Gasteiger partial charge in [-0.05, 0) is 6.07 Å². The van der Waals surface area contributed by atoms with Crippen LogP contribution in [0.2, 0.25) is 0 Å². The Hall–Kier alpha value is -0.950. The van der Waals surface area contributed by atoms with E-state index in [-0.39, 0.29) is 0 Å². The van der Waals surface area contributed by atoms with Gasteiger partial charge in [-0.3, -0.25) is 4.79 Å². The Labute approximate surface area is 60.7 Å². The molecule has 0 saturated heterocycles. The molecule has 10 heavy (non-hydrogen) atoms. The Balaban J connectivity index is 2.90. The van der Waals surface area contributed by atoms with E-state index in [1.807, 2.05) is 0 Å². The van der Waals surface area contributed by atoms with Gasteiger partial charge in [0.05, 0.1) is 9.47 Å². The van der Waals surface area contributed by atoms with Crippen molar-refractivity contribution in [3.63, 3.8) is 0 Å². The van der Waals surface area contributed by atoms with E-state index in [1.54, 1.807) is 12.1 Å². The Morgan fingerprint density at radius 1 is 1.60 bits per heavy atom. The molecule has 1 aromatic rings. The second kappa shape index (κ2) is 3.28. The number of carbonyl (C=O) groups excluding carboxylic acids is 1. The molecule has 1 unspecified atom stereocenters. The lowest BCUT2D eigenvalue weighted by molar-refractivity contribution is 0.112. The SMILES string of the molecule is O=Cc1ccc(OP)nc1. The van der Waals surface area contributed by atoms with E-state index in [4.69, 9.17) is 4.52 Å². The number of hydrogen-bond donors (Lipinski definition) is 0. The molecule has 4 heteroatoms. The van der Waals surface area contributed by atoms with Crippen molar-refractivity contribution in [3.8, 4) is 5.88 Å². The van der Waals surface area contributed by atoms with Crippen LogP contribution in [0, 0.1) is 0 Å². The molecular formula is C6H6NO2P. The van der Waals surface area contributed by atoms with Gasteiger partial charge in [0, 0.05) is 17.8 Å². The van der Waals surface area contributed by atoms with Crippen molar-refractivity contribution < 1.29 is 9.32 Å². The molecule has 0 amide bonds. The summed E-state index contributed by atoms with van der Waals surface area (Å²) in [7, 11) is 2.07. The summed E-state index contributed by atoms with van der Waals surface area (Å²) in [6.45, 7) is 0. The minimum Gasteiger partial charge on any atom is -0.463 e. The van der Waals surface area contributed by atoms with Gasteiger partial charge in [0.1, 0.15) is 0 Å². The number of aromatic nitrogens is 1. The minimum absolute atomic E-state index is 0.482. The van der Waals surface area contributed by atoms with Crippen LogP contribution in [0.25, 0.3) is 0 Å². The van der Waals surface area contributed by atoms with Gasteiger partial charge in [-0.25, -0.2) is 4.98 Å². The highest BCUT2D eigenvalue weighted by Gasteiger charge is 1.91. The van der Waals surface area contributed by atoms with Gasteiger partial charge in [0.2, 0.25) is 5.88 Å². The van der Waals surface area contributed by atoms with E-state index in [1.165, 1.54) is 6.20 Å². The van der Waals surface area contributed by atoms with Crippen LogP contribution in [-0.4, -0.2) is 11.3 Å². The fraction of sp³-hybridized carbons (Fsp3) is 0. The maximum Gasteiger partial charge on any atom is 0.215 e. The third-order valence-electron chi connectivity index (χ3n) is 1.02. The molecule has 0 aromatic carbocycles. The Bertz CT molecular complexity index is 222. The third-order valence-corrected chi connectivity index (χ3v) is 1.26. The fourth-order valence-corrected chi connectivity index (χ4v) is 0.671. The maximum absolute atomic E-state index is 10.1. The number of pyridine rings is 1. The second-order valence-electron chi connectivity index (χ2n) is 1.67. The molecule has 0 aliphatic rings. The normalized spacial score (nSPS) is 8.90. The van der Waals surface area contributed by atoms with Crippen LogP contribution in [0.3, 0.4) is 0 Å². The van der Waals surface area contributed by atoms with Crippen molar-refractivity contribution in [2.45, 2.75) is 0 Å². The molecule has 0 N–H and O–H groups in total. The van der Waals surface area contributed by atoms with Crippen LogP contribution in [0.15, 0.2) is 18.3 Å². The van der Waals surface area contributed by atoms with E-state index in [0.29, 0.717) is 11.4 Å². The van der Waals surface area contributed by atoms with Crippen molar-refractivity contribution in [2.75, 3.05) is 0 Å². The molecular weight excluding hydrogens is 149 g/mol. The molecule has 0 aliphatic carbocycles. The molecule has 1 rings (SSSR count). The number of aldehydes is 1. The van der Waals surface area contributed by atoms with E-state index in [2.05, 4.69) is 14.5 Å². The summed E-state index contributed by atoms with van der Waals surface area (Å²) in [6, 6.07) is 3.26. The highest BCUT2D eigenvalue weighted by molar-refractivity contribution is 7.10. The molecule has 0 bridgehead atoms. The van der Waals surface area contributed by atoms with Gasteiger partial charge in [0.15, 0.2) is 6.29 Å². The molecule has 1 atom stereocenters. The highest BCUT2D eigenvalue weighted by Crippen LogP contribution is 2.07. The molecule has 1 heterocycles. The monoisotopic (exact) mass is 155 g/mol. The molecule has 0 saturated carbocycles. The first-order valence-electron chi connectivity index (χ1n) is 2.65. The van der Waals surface area contributed by atoms with Crippen LogP contribution in [-0.2, 0) is 0 Å². The number of carbonyl (C=O) groups is 1. The first-order chi connectivity index (χ1) is 4.86. The average Bonchev–Trinajstić information content (AvgIpc) is 2.05. The zero-order valence-corrected chi connectivity index (χ0v) is 6.31. The first-order valence-corrected chi connectivity index (χ1v) is 3.12. The lowest BCUT2D eigenvalue weighted by atomic mass is 10.3. The molecule has 0 fully saturated rings. The van der Waals surface area contributed by atoms with Crippen LogP contribution in [0.4, 0.5) is 0 Å². The van der Waals surface area contributed by atoms with Crippen molar-refractivity contribution in [1.29, 1.82) is 0 Å². The lowest BCUT2D eigenvalue weighted by Gasteiger charge is -1.94. The summed E-state index contributed by atoms with van der Waals surface area (Å²) in [4.78, 5) is 13.9. The quantitative estimate of drug-likeness (QED) is 0.473. The summed E-state index contributed by atoms with van der Waals surface area (Å²) in [5, 5.41) is 0. The molecule has 3 nitrogen and oxygen atoms in total. The largest absolute Gasteiger partial charge is 0.463 e. The van der Waals surface area contributed by atoms with Crippen LogP contribution < -0.4 is 4.52 Å². The van der Waals surface area contributed by atoms with E-state index in [9.17, 15) is 4.79 Å². The smallest absolute Gasteiger partial charge is 0.215 e. The van der Waals surface area contributed by atoms with E-state index in [0.717, 1.165) is 6.29 Å². The van der Waals surface area contributed by atoms with Crippen molar-refractivity contribution in [2.24, 2.45) is 0 Å². The summed E-state index contributed by atoms with van der Waals surface area (Å²) in [5.41, 5.74) is 0.547. The Kier molecular flexibility index (Phi) is 2.35. The summed E-state index contributed by atoms with van der Waals surface area (Å²) < 4.78 is 4.70. The van der Waals surface area contributed by atoms with Gasteiger partial charge >= 0.3 is 0 Å². The molecule has 52 valence electrons. The van der Waals surface area contributed by atoms with Crippen molar-refractivity contribution in [3.05, 3.63) is 23.9 Å². The second-order valence-corrected chi connectivity index (χ2v) is 1.90. The topological polar surface area (TPSA) is 39.2 Å². The number of rotatable bonds is 2. The van der Waals surface area contributed by atoms with Crippen LogP contribution in [0.1, 0.15) is 10.4 Å². The van der Waals surface area contributed by atoms with Gasteiger partial charge in [0.25, 0.3) is 0 Å². The average molecular weight is 155 g/mol. The van der Waals surface area contributed by atoms with E-state index >= 15 is 0 Å². The standard InChI is InChI=1S/C6H6NO2P/c8-4-5-1-2-6(9-10)7-3-5/h1-4H,10H2. The molecule has 0 spiro atoms. The van der Waals surface area contributed by atoms with Gasteiger partial charge < -0.3 is 4.52 Å². The summed E-state index contributed by atoms with van der Waals surface area (Å²) in [6.07, 6.45) is 2.19. The van der Waals surface area contributed by atoms with Crippen molar-refractivity contribution in [1.82, 2.24) is 4.98 Å². The zero-order chi connectivity index (χ0) is 7.40. The predicted molar refractivity (Wildman–Crippen MR) is 40.0 cm³/mol. The van der Waals surface area contributed by atoms with Gasteiger partial charge in [-0.15, -0.1) is 0 Å². The highest BCUT2D eigenvalue weighted by atomic mass is 31.0. The Morgan fingerprint density at radius 3 is 2.80 bits per heavy atom. The summed E-state index contributed by atoms with van der Waals surface area (Å²) >= 11 is 0. The number of nitrogens with zero attached hydrogens (tertiary/aromatic N) is 1. The summed E-state index contributed by atoms with van der Waals surface area (Å²) in [5.74, 6) is 0.482. The minimum atomic E-state index is 0.482. The first kappa shape index (κ1) is 7.16. The molecule has 1 aromatic heterocycles. The van der Waals surface area contributed by atoms with Gasteiger partial charge in [-0.2, -0.15) is 0 Å². The van der Waals surface area contributed by atoms with Crippen LogP contribution >= 0.6 is 9.47 Å². The van der Waals surface area contributed by atoms with Gasteiger partial charge in [-0.1, -0.05) is 0 Å². The Morgan fingerprint density at radius 2 is 2.40 bits per heavy atom.